The first-order valence-corrected chi connectivity index (χ1v) is 5.53. The van der Waals surface area contributed by atoms with E-state index in [0.717, 1.165) is 0 Å². The van der Waals surface area contributed by atoms with Crippen molar-refractivity contribution in [1.82, 2.24) is 0 Å². The predicted octanol–water partition coefficient (Wildman–Crippen LogP) is 2.24. The van der Waals surface area contributed by atoms with Gasteiger partial charge in [-0.1, -0.05) is 0 Å². The molecule has 0 radical (unpaired) electrons. The van der Waals surface area contributed by atoms with Gasteiger partial charge in [-0.25, -0.2) is 0 Å². The molecular formula is C13H20O4. The van der Waals surface area contributed by atoms with Gasteiger partial charge in [-0.3, -0.25) is 0 Å². The van der Waals surface area contributed by atoms with Gasteiger partial charge in [0.2, 0.25) is 0 Å². The van der Waals surface area contributed by atoms with E-state index in [-0.39, 0.29) is 0 Å². The fraction of sp³-hybridized carbons (Fsp3) is 0.538. The summed E-state index contributed by atoms with van der Waals surface area (Å²) < 4.78 is 15.8. The molecule has 0 aliphatic carbocycles. The summed E-state index contributed by atoms with van der Waals surface area (Å²) in [6.07, 6.45) is 0.562. The van der Waals surface area contributed by atoms with Gasteiger partial charge in [-0.2, -0.15) is 0 Å². The Bertz CT molecular complexity index is 333. The van der Waals surface area contributed by atoms with Gasteiger partial charge in [0, 0.05) is 24.6 Å². The van der Waals surface area contributed by atoms with Crippen LogP contribution in [0.1, 0.15) is 20.3 Å². The zero-order chi connectivity index (χ0) is 12.9. The van der Waals surface area contributed by atoms with Crippen molar-refractivity contribution in [3.8, 4) is 17.2 Å². The molecule has 1 aromatic carbocycles. The Balaban J connectivity index is 2.64. The van der Waals surface area contributed by atoms with E-state index in [1.54, 1.807) is 46.3 Å². The quantitative estimate of drug-likeness (QED) is 0.828. The lowest BCUT2D eigenvalue weighted by atomic mass is 10.1. The first-order valence-electron chi connectivity index (χ1n) is 5.53. The summed E-state index contributed by atoms with van der Waals surface area (Å²) in [5.74, 6) is 2.04. The lowest BCUT2D eigenvalue weighted by Gasteiger charge is -2.17. The van der Waals surface area contributed by atoms with Crippen LogP contribution >= 0.6 is 0 Å². The van der Waals surface area contributed by atoms with Crippen LogP contribution in [0, 0.1) is 0 Å². The molecular weight excluding hydrogens is 220 g/mol. The third-order valence-electron chi connectivity index (χ3n) is 2.31. The molecule has 4 heteroatoms. The molecule has 0 aromatic heterocycles. The molecule has 0 aliphatic heterocycles. The van der Waals surface area contributed by atoms with Crippen LogP contribution in [0.25, 0.3) is 0 Å². The molecule has 1 rings (SSSR count). The predicted molar refractivity (Wildman–Crippen MR) is 66.0 cm³/mol. The minimum atomic E-state index is -0.719. The molecule has 96 valence electrons. The van der Waals surface area contributed by atoms with Gasteiger partial charge >= 0.3 is 0 Å². The molecule has 0 spiro atoms. The van der Waals surface area contributed by atoms with Gasteiger partial charge in [0.1, 0.15) is 17.2 Å². The van der Waals surface area contributed by atoms with Crippen molar-refractivity contribution >= 4 is 0 Å². The van der Waals surface area contributed by atoms with Gasteiger partial charge in [-0.15, -0.1) is 0 Å². The summed E-state index contributed by atoms with van der Waals surface area (Å²) >= 11 is 0. The fourth-order valence-electron chi connectivity index (χ4n) is 1.28. The minimum absolute atomic E-state index is 0.444. The summed E-state index contributed by atoms with van der Waals surface area (Å²) in [7, 11) is 3.19. The maximum atomic E-state index is 9.57. The lowest BCUT2D eigenvalue weighted by molar-refractivity contribution is 0.0553. The lowest BCUT2D eigenvalue weighted by Crippen LogP contribution is -2.21. The van der Waals surface area contributed by atoms with Gasteiger partial charge in [0.25, 0.3) is 0 Å². The second kappa shape index (κ2) is 5.77. The highest BCUT2D eigenvalue weighted by Gasteiger charge is 2.12. The second-order valence-electron chi connectivity index (χ2n) is 4.46. The van der Waals surface area contributed by atoms with Crippen molar-refractivity contribution in [1.29, 1.82) is 0 Å². The second-order valence-corrected chi connectivity index (χ2v) is 4.46. The third-order valence-corrected chi connectivity index (χ3v) is 2.31. The molecule has 0 atom stereocenters. The summed E-state index contributed by atoms with van der Waals surface area (Å²) in [6, 6.07) is 5.35. The molecule has 0 bridgehead atoms. The van der Waals surface area contributed by atoms with Crippen LogP contribution in [0.2, 0.25) is 0 Å². The SMILES string of the molecule is COc1cc(OC)cc(OCCC(C)(C)O)c1. The average molecular weight is 240 g/mol. The van der Waals surface area contributed by atoms with Crippen LogP contribution in [0.15, 0.2) is 18.2 Å². The minimum Gasteiger partial charge on any atom is -0.496 e. The number of hydrogen-bond donors (Lipinski definition) is 1. The molecule has 17 heavy (non-hydrogen) atoms. The van der Waals surface area contributed by atoms with Crippen molar-refractivity contribution in [2.24, 2.45) is 0 Å². The van der Waals surface area contributed by atoms with Crippen LogP contribution in [-0.4, -0.2) is 31.5 Å². The van der Waals surface area contributed by atoms with Crippen LogP contribution < -0.4 is 14.2 Å². The highest BCUT2D eigenvalue weighted by atomic mass is 16.5. The van der Waals surface area contributed by atoms with E-state index in [1.807, 2.05) is 0 Å². The third kappa shape index (κ3) is 4.95. The molecule has 0 heterocycles. The molecule has 0 saturated heterocycles. The van der Waals surface area contributed by atoms with Gasteiger partial charge < -0.3 is 19.3 Å². The number of ether oxygens (including phenoxy) is 3. The summed E-state index contributed by atoms with van der Waals surface area (Å²) in [5, 5.41) is 9.57. The first kappa shape index (κ1) is 13.6. The number of benzene rings is 1. The number of rotatable bonds is 6. The van der Waals surface area contributed by atoms with Crippen molar-refractivity contribution in [2.75, 3.05) is 20.8 Å². The van der Waals surface area contributed by atoms with Crippen LogP contribution in [-0.2, 0) is 0 Å². The Labute approximate surface area is 102 Å². The molecule has 0 fully saturated rings. The maximum absolute atomic E-state index is 9.57. The highest BCUT2D eigenvalue weighted by molar-refractivity contribution is 5.41. The highest BCUT2D eigenvalue weighted by Crippen LogP contribution is 2.27. The van der Waals surface area contributed by atoms with Gasteiger partial charge in [0.15, 0.2) is 0 Å². The van der Waals surface area contributed by atoms with Crippen molar-refractivity contribution in [2.45, 2.75) is 25.9 Å². The van der Waals surface area contributed by atoms with Crippen LogP contribution in [0.3, 0.4) is 0 Å². The summed E-state index contributed by atoms with van der Waals surface area (Å²) in [4.78, 5) is 0. The molecule has 0 unspecified atom stereocenters. The van der Waals surface area contributed by atoms with E-state index in [4.69, 9.17) is 14.2 Å². The summed E-state index contributed by atoms with van der Waals surface area (Å²) in [6.45, 7) is 3.95. The van der Waals surface area contributed by atoms with E-state index < -0.39 is 5.60 Å². The molecule has 0 saturated carbocycles. The number of methoxy groups -OCH3 is 2. The zero-order valence-electron chi connectivity index (χ0n) is 10.8. The molecule has 1 aromatic rings. The standard InChI is InChI=1S/C13H20O4/c1-13(2,14)5-6-17-12-8-10(15-3)7-11(9-12)16-4/h7-9,14H,5-6H2,1-4H3. The fourth-order valence-corrected chi connectivity index (χ4v) is 1.28. The Hall–Kier alpha value is -1.42. The van der Waals surface area contributed by atoms with Crippen molar-refractivity contribution < 1.29 is 19.3 Å². The monoisotopic (exact) mass is 240 g/mol. The first-order chi connectivity index (χ1) is 7.94. The van der Waals surface area contributed by atoms with Crippen molar-refractivity contribution in [3.05, 3.63) is 18.2 Å². The van der Waals surface area contributed by atoms with E-state index in [0.29, 0.717) is 30.3 Å². The van der Waals surface area contributed by atoms with Crippen LogP contribution in [0.4, 0.5) is 0 Å². The normalized spacial score (nSPS) is 11.1. The molecule has 0 amide bonds. The van der Waals surface area contributed by atoms with E-state index in [2.05, 4.69) is 0 Å². The van der Waals surface area contributed by atoms with Crippen molar-refractivity contribution in [3.63, 3.8) is 0 Å². The van der Waals surface area contributed by atoms with E-state index >= 15 is 0 Å². The average Bonchev–Trinajstić information content (AvgIpc) is 2.26. The van der Waals surface area contributed by atoms with Gasteiger partial charge in [0.05, 0.1) is 26.4 Å². The van der Waals surface area contributed by atoms with E-state index in [1.165, 1.54) is 0 Å². The Morgan fingerprint density at radius 3 is 1.88 bits per heavy atom. The summed E-state index contributed by atoms with van der Waals surface area (Å²) in [5.41, 5.74) is -0.719. The molecule has 1 N–H and O–H groups in total. The number of aliphatic hydroxyl groups is 1. The zero-order valence-corrected chi connectivity index (χ0v) is 10.8. The Morgan fingerprint density at radius 2 is 1.47 bits per heavy atom. The largest absolute Gasteiger partial charge is 0.496 e. The molecule has 0 aliphatic rings. The number of hydrogen-bond acceptors (Lipinski definition) is 4. The Morgan fingerprint density at radius 1 is 1.00 bits per heavy atom. The molecule has 4 nitrogen and oxygen atoms in total. The smallest absolute Gasteiger partial charge is 0.126 e. The van der Waals surface area contributed by atoms with E-state index in [9.17, 15) is 5.11 Å². The Kier molecular flexibility index (Phi) is 4.63. The topological polar surface area (TPSA) is 47.9 Å². The maximum Gasteiger partial charge on any atom is 0.126 e. The van der Waals surface area contributed by atoms with Crippen LogP contribution in [0.5, 0.6) is 17.2 Å². The van der Waals surface area contributed by atoms with Gasteiger partial charge in [-0.05, 0) is 13.8 Å².